The second kappa shape index (κ2) is 5.99. The highest BCUT2D eigenvalue weighted by molar-refractivity contribution is 5.82. The lowest BCUT2D eigenvalue weighted by molar-refractivity contribution is -0.191. The van der Waals surface area contributed by atoms with Crippen LogP contribution in [-0.4, -0.2) is 47.3 Å². The van der Waals surface area contributed by atoms with Gasteiger partial charge in [-0.15, -0.1) is 0 Å². The van der Waals surface area contributed by atoms with Crippen molar-refractivity contribution in [2.75, 3.05) is 6.61 Å². The summed E-state index contributed by atoms with van der Waals surface area (Å²) in [5, 5.41) is 17.9. The van der Waals surface area contributed by atoms with E-state index in [1.165, 1.54) is 6.92 Å². The zero-order chi connectivity index (χ0) is 14.4. The van der Waals surface area contributed by atoms with Gasteiger partial charge in [-0.25, -0.2) is 0 Å². The zero-order valence-corrected chi connectivity index (χ0v) is 9.91. The molecule has 0 aliphatic heterocycles. The minimum Gasteiger partial charge on any atom is -0.481 e. The summed E-state index contributed by atoms with van der Waals surface area (Å²) in [6.07, 6.45) is -0.797. The Morgan fingerprint density at radius 2 is 1.72 bits per heavy atom. The largest absolute Gasteiger partial charge is 0.481 e. The Bertz CT molecular complexity index is 352. The Labute approximate surface area is 102 Å². The van der Waals surface area contributed by atoms with Crippen LogP contribution in [-0.2, 0) is 28.7 Å². The van der Waals surface area contributed by atoms with Crippen LogP contribution in [0.5, 0.6) is 0 Å². The molecule has 0 bridgehead atoms. The molecule has 0 aromatic carbocycles. The quantitative estimate of drug-likeness (QED) is 0.540. The summed E-state index contributed by atoms with van der Waals surface area (Å²) in [6, 6.07) is 0. The first-order valence-electron chi connectivity index (χ1n) is 4.85. The minimum absolute atomic E-state index is 0.0167. The Balaban J connectivity index is 5.45. The monoisotopic (exact) mass is 262 g/mol. The number of rotatable bonds is 9. The van der Waals surface area contributed by atoms with Crippen molar-refractivity contribution < 1.29 is 38.9 Å². The van der Waals surface area contributed by atoms with Crippen molar-refractivity contribution in [1.29, 1.82) is 0 Å². The van der Waals surface area contributed by atoms with Crippen LogP contribution in [0.15, 0.2) is 0 Å². The first-order valence-corrected chi connectivity index (χ1v) is 4.85. The van der Waals surface area contributed by atoms with Gasteiger partial charge in [0.1, 0.15) is 12.0 Å². The van der Waals surface area contributed by atoms with Crippen LogP contribution in [0.1, 0.15) is 20.3 Å². The molecule has 0 rings (SSSR count). The van der Waals surface area contributed by atoms with Crippen molar-refractivity contribution in [2.24, 2.45) is 5.41 Å². The maximum absolute atomic E-state index is 11.2. The van der Waals surface area contributed by atoms with Gasteiger partial charge in [-0.1, -0.05) is 0 Å². The van der Waals surface area contributed by atoms with Gasteiger partial charge in [-0.05, 0) is 13.8 Å². The lowest BCUT2D eigenvalue weighted by Gasteiger charge is -2.39. The molecule has 0 saturated heterocycles. The average molecular weight is 262 g/mol. The molecule has 2 atom stereocenters. The molecule has 0 aliphatic carbocycles. The SMILES string of the molecule is CC(COC=O)(OC=O)C(C)(CC(=O)O)C(=O)O. The van der Waals surface area contributed by atoms with E-state index in [2.05, 4.69) is 9.47 Å². The molecular weight excluding hydrogens is 248 g/mol. The topological polar surface area (TPSA) is 127 Å². The van der Waals surface area contributed by atoms with Gasteiger partial charge in [0.25, 0.3) is 12.9 Å². The summed E-state index contributed by atoms with van der Waals surface area (Å²) in [7, 11) is 0. The molecule has 0 aromatic rings. The van der Waals surface area contributed by atoms with Crippen molar-refractivity contribution in [3.8, 4) is 0 Å². The summed E-state index contributed by atoms with van der Waals surface area (Å²) in [4.78, 5) is 42.5. The van der Waals surface area contributed by atoms with E-state index in [1.54, 1.807) is 0 Å². The van der Waals surface area contributed by atoms with Gasteiger partial charge in [0.05, 0.1) is 6.42 Å². The highest BCUT2D eigenvalue weighted by atomic mass is 16.6. The van der Waals surface area contributed by atoms with Crippen LogP contribution in [0, 0.1) is 5.41 Å². The predicted molar refractivity (Wildman–Crippen MR) is 55.6 cm³/mol. The molecule has 0 saturated carbocycles. The van der Waals surface area contributed by atoms with Gasteiger partial charge < -0.3 is 19.7 Å². The molecule has 2 unspecified atom stereocenters. The number of carbonyl (C=O) groups excluding carboxylic acids is 2. The lowest BCUT2D eigenvalue weighted by Crippen LogP contribution is -2.55. The van der Waals surface area contributed by atoms with Crippen molar-refractivity contribution in [2.45, 2.75) is 25.9 Å². The van der Waals surface area contributed by atoms with E-state index in [-0.39, 0.29) is 12.9 Å². The van der Waals surface area contributed by atoms with Gasteiger partial charge in [-0.3, -0.25) is 19.2 Å². The molecular formula is C10H14O8. The van der Waals surface area contributed by atoms with Crippen LogP contribution in [0.25, 0.3) is 0 Å². The summed E-state index contributed by atoms with van der Waals surface area (Å²) in [6.45, 7) is 1.75. The lowest BCUT2D eigenvalue weighted by atomic mass is 9.72. The summed E-state index contributed by atoms with van der Waals surface area (Å²) < 4.78 is 9.06. The van der Waals surface area contributed by atoms with E-state index in [9.17, 15) is 19.2 Å². The Hall–Kier alpha value is -2.12. The van der Waals surface area contributed by atoms with Crippen molar-refractivity contribution in [3.05, 3.63) is 0 Å². The molecule has 8 nitrogen and oxygen atoms in total. The van der Waals surface area contributed by atoms with Gasteiger partial charge >= 0.3 is 11.9 Å². The fourth-order valence-corrected chi connectivity index (χ4v) is 1.41. The summed E-state index contributed by atoms with van der Waals surface area (Å²) in [5.41, 5.74) is -3.73. The molecule has 102 valence electrons. The first-order chi connectivity index (χ1) is 8.23. The number of carbonyl (C=O) groups is 4. The minimum atomic E-state index is -1.94. The van der Waals surface area contributed by atoms with Crippen LogP contribution < -0.4 is 0 Å². The van der Waals surface area contributed by atoms with Crippen LogP contribution in [0.2, 0.25) is 0 Å². The van der Waals surface area contributed by atoms with Gasteiger partial charge in [-0.2, -0.15) is 0 Å². The molecule has 8 heteroatoms. The molecule has 0 aromatic heterocycles. The highest BCUT2D eigenvalue weighted by Gasteiger charge is 2.54. The van der Waals surface area contributed by atoms with Gasteiger partial charge in [0, 0.05) is 0 Å². The molecule has 0 aliphatic rings. The first kappa shape index (κ1) is 15.9. The summed E-state index contributed by atoms with van der Waals surface area (Å²) in [5.74, 6) is -2.87. The molecule has 0 amide bonds. The standard InChI is InChI=1S/C10H14O8/c1-9(8(15)16,3-7(13)14)10(2,18-6-12)4-17-5-11/h5-6H,3-4H2,1-2H3,(H,13,14)(H,15,16). The fraction of sp³-hybridized carbons (Fsp3) is 0.600. The number of hydrogen-bond acceptors (Lipinski definition) is 6. The second-order valence-corrected chi connectivity index (χ2v) is 4.06. The maximum atomic E-state index is 11.2. The summed E-state index contributed by atoms with van der Waals surface area (Å²) >= 11 is 0. The highest BCUT2D eigenvalue weighted by Crippen LogP contribution is 2.38. The van der Waals surface area contributed by atoms with E-state index in [4.69, 9.17) is 10.2 Å². The van der Waals surface area contributed by atoms with Crippen LogP contribution >= 0.6 is 0 Å². The molecule has 0 spiro atoms. The third-order valence-electron chi connectivity index (χ3n) is 2.88. The number of aliphatic carboxylic acids is 2. The predicted octanol–water partition coefficient (Wildman–Crippen LogP) is -0.343. The maximum Gasteiger partial charge on any atom is 0.314 e. The van der Waals surface area contributed by atoms with E-state index >= 15 is 0 Å². The fourth-order valence-electron chi connectivity index (χ4n) is 1.41. The van der Waals surface area contributed by atoms with E-state index < -0.39 is 36.0 Å². The van der Waals surface area contributed by atoms with E-state index in [0.717, 1.165) is 6.92 Å². The molecule has 2 N–H and O–H groups in total. The Morgan fingerprint density at radius 3 is 2.06 bits per heavy atom. The molecule has 18 heavy (non-hydrogen) atoms. The zero-order valence-electron chi connectivity index (χ0n) is 9.91. The average Bonchev–Trinajstić information content (AvgIpc) is 2.25. The van der Waals surface area contributed by atoms with Crippen molar-refractivity contribution >= 4 is 24.9 Å². The third kappa shape index (κ3) is 3.19. The molecule has 0 fully saturated rings. The number of ether oxygens (including phenoxy) is 2. The smallest absolute Gasteiger partial charge is 0.314 e. The molecule has 0 radical (unpaired) electrons. The Kier molecular flexibility index (Phi) is 5.28. The molecule has 0 heterocycles. The van der Waals surface area contributed by atoms with E-state index in [0.29, 0.717) is 0 Å². The normalized spacial score (nSPS) is 16.8. The van der Waals surface area contributed by atoms with Crippen LogP contribution in [0.3, 0.4) is 0 Å². The Morgan fingerprint density at radius 1 is 1.17 bits per heavy atom. The van der Waals surface area contributed by atoms with E-state index in [1.807, 2.05) is 0 Å². The number of hydrogen-bond donors (Lipinski definition) is 2. The number of carboxylic acids is 2. The van der Waals surface area contributed by atoms with Crippen LogP contribution in [0.4, 0.5) is 0 Å². The van der Waals surface area contributed by atoms with Crippen molar-refractivity contribution in [1.82, 2.24) is 0 Å². The number of carboxylic acid groups (broad SMARTS) is 2. The van der Waals surface area contributed by atoms with Gasteiger partial charge in [0.2, 0.25) is 0 Å². The van der Waals surface area contributed by atoms with Gasteiger partial charge in [0.15, 0.2) is 5.60 Å². The third-order valence-corrected chi connectivity index (χ3v) is 2.88. The second-order valence-electron chi connectivity index (χ2n) is 4.06. The van der Waals surface area contributed by atoms with Crippen molar-refractivity contribution in [3.63, 3.8) is 0 Å².